The summed E-state index contributed by atoms with van der Waals surface area (Å²) in [5, 5.41) is 2.51. The quantitative estimate of drug-likeness (QED) is 0.697. The maximum atomic E-state index is 11.1. The number of amides is 1. The molecule has 0 aromatic heterocycles. The Kier molecular flexibility index (Phi) is 4.90. The molecule has 0 heterocycles. The van der Waals surface area contributed by atoms with Crippen molar-refractivity contribution in [3.8, 4) is 18.1 Å². The molecule has 1 aromatic carbocycles. The molecule has 0 bridgehead atoms. The molecular weight excluding hydrogens is 204 g/mol. The average Bonchev–Trinajstić information content (AvgIpc) is 2.34. The number of carbonyl (C=O) groups excluding carboxylic acids is 1. The SMILES string of the molecule is C#CCNC(=O)COc1ccc(CN)cc1. The highest BCUT2D eigenvalue weighted by atomic mass is 16.5. The van der Waals surface area contributed by atoms with Crippen LogP contribution in [0.1, 0.15) is 5.56 Å². The fourth-order valence-corrected chi connectivity index (χ4v) is 1.07. The van der Waals surface area contributed by atoms with Gasteiger partial charge in [-0.1, -0.05) is 18.1 Å². The van der Waals surface area contributed by atoms with E-state index in [1.807, 2.05) is 12.1 Å². The van der Waals surface area contributed by atoms with Gasteiger partial charge in [-0.3, -0.25) is 4.79 Å². The smallest absolute Gasteiger partial charge is 0.258 e. The molecule has 1 aromatic rings. The van der Waals surface area contributed by atoms with Crippen LogP contribution in [0.3, 0.4) is 0 Å². The molecule has 0 unspecified atom stereocenters. The van der Waals surface area contributed by atoms with Crippen molar-refractivity contribution in [3.05, 3.63) is 29.8 Å². The first-order valence-electron chi connectivity index (χ1n) is 4.88. The van der Waals surface area contributed by atoms with Crippen LogP contribution in [-0.2, 0) is 11.3 Å². The average molecular weight is 218 g/mol. The molecular formula is C12H14N2O2. The van der Waals surface area contributed by atoms with Crippen LogP contribution in [0, 0.1) is 12.3 Å². The molecule has 0 saturated heterocycles. The number of rotatable bonds is 5. The van der Waals surface area contributed by atoms with Crippen LogP contribution in [0.25, 0.3) is 0 Å². The lowest BCUT2D eigenvalue weighted by Crippen LogP contribution is -2.29. The number of benzene rings is 1. The van der Waals surface area contributed by atoms with Crippen LogP contribution < -0.4 is 15.8 Å². The summed E-state index contributed by atoms with van der Waals surface area (Å²) in [6.07, 6.45) is 5.00. The number of nitrogens with two attached hydrogens (primary N) is 1. The van der Waals surface area contributed by atoms with Crippen molar-refractivity contribution in [2.75, 3.05) is 13.2 Å². The molecule has 0 aliphatic heterocycles. The van der Waals surface area contributed by atoms with Crippen LogP contribution in [-0.4, -0.2) is 19.1 Å². The van der Waals surface area contributed by atoms with Gasteiger partial charge in [0.05, 0.1) is 6.54 Å². The van der Waals surface area contributed by atoms with Crippen molar-refractivity contribution in [1.29, 1.82) is 0 Å². The van der Waals surface area contributed by atoms with Crippen molar-refractivity contribution in [3.63, 3.8) is 0 Å². The Labute approximate surface area is 94.8 Å². The Morgan fingerprint density at radius 1 is 1.44 bits per heavy atom. The summed E-state index contributed by atoms with van der Waals surface area (Å²) < 4.78 is 5.24. The topological polar surface area (TPSA) is 64.3 Å². The predicted octanol–water partition coefficient (Wildman–Crippen LogP) is 0.273. The largest absolute Gasteiger partial charge is 0.484 e. The molecule has 4 heteroatoms. The van der Waals surface area contributed by atoms with Gasteiger partial charge in [0.2, 0.25) is 0 Å². The normalized spacial score (nSPS) is 9.25. The predicted molar refractivity (Wildman–Crippen MR) is 61.7 cm³/mol. The van der Waals surface area contributed by atoms with Gasteiger partial charge in [0.15, 0.2) is 6.61 Å². The summed E-state index contributed by atoms with van der Waals surface area (Å²) in [7, 11) is 0. The van der Waals surface area contributed by atoms with Crippen LogP contribution >= 0.6 is 0 Å². The summed E-state index contributed by atoms with van der Waals surface area (Å²) >= 11 is 0. The summed E-state index contributed by atoms with van der Waals surface area (Å²) in [6.45, 7) is 0.668. The lowest BCUT2D eigenvalue weighted by atomic mass is 10.2. The third-order valence-corrected chi connectivity index (χ3v) is 1.92. The molecule has 0 atom stereocenters. The van der Waals surface area contributed by atoms with Crippen LogP contribution in [0.4, 0.5) is 0 Å². The van der Waals surface area contributed by atoms with Gasteiger partial charge in [-0.2, -0.15) is 0 Å². The highest BCUT2D eigenvalue weighted by molar-refractivity contribution is 5.77. The van der Waals surface area contributed by atoms with E-state index >= 15 is 0 Å². The number of ether oxygens (including phenoxy) is 1. The van der Waals surface area contributed by atoms with E-state index in [1.165, 1.54) is 0 Å². The first kappa shape index (κ1) is 12.1. The Hall–Kier alpha value is -1.99. The van der Waals surface area contributed by atoms with E-state index in [0.29, 0.717) is 12.3 Å². The summed E-state index contributed by atoms with van der Waals surface area (Å²) in [4.78, 5) is 11.1. The molecule has 0 saturated carbocycles. The van der Waals surface area contributed by atoms with Crippen molar-refractivity contribution >= 4 is 5.91 Å². The standard InChI is InChI=1S/C12H14N2O2/c1-2-7-14-12(15)9-16-11-5-3-10(8-13)4-6-11/h1,3-6H,7-9,13H2,(H,14,15). The van der Waals surface area contributed by atoms with Gasteiger partial charge in [0.25, 0.3) is 5.91 Å². The Morgan fingerprint density at radius 2 is 2.12 bits per heavy atom. The molecule has 1 amide bonds. The van der Waals surface area contributed by atoms with Crippen LogP contribution in [0.2, 0.25) is 0 Å². The Bertz CT molecular complexity index is 379. The highest BCUT2D eigenvalue weighted by Gasteiger charge is 2.00. The van der Waals surface area contributed by atoms with Gasteiger partial charge in [0.1, 0.15) is 5.75 Å². The molecule has 0 aliphatic carbocycles. The van der Waals surface area contributed by atoms with E-state index in [4.69, 9.17) is 16.9 Å². The third-order valence-electron chi connectivity index (χ3n) is 1.92. The van der Waals surface area contributed by atoms with Crippen molar-refractivity contribution in [2.24, 2.45) is 5.73 Å². The first-order valence-corrected chi connectivity index (χ1v) is 4.88. The summed E-state index contributed by atoms with van der Waals surface area (Å²) in [5.74, 6) is 2.71. The minimum absolute atomic E-state index is 0.0380. The monoisotopic (exact) mass is 218 g/mol. The fraction of sp³-hybridized carbons (Fsp3) is 0.250. The second kappa shape index (κ2) is 6.49. The maximum absolute atomic E-state index is 11.1. The number of nitrogens with one attached hydrogen (secondary N) is 1. The highest BCUT2D eigenvalue weighted by Crippen LogP contribution is 2.11. The molecule has 16 heavy (non-hydrogen) atoms. The van der Waals surface area contributed by atoms with E-state index in [-0.39, 0.29) is 19.1 Å². The zero-order valence-corrected chi connectivity index (χ0v) is 8.90. The zero-order valence-electron chi connectivity index (χ0n) is 8.90. The van der Waals surface area contributed by atoms with Gasteiger partial charge in [-0.05, 0) is 17.7 Å². The number of carbonyl (C=O) groups is 1. The van der Waals surface area contributed by atoms with E-state index < -0.39 is 0 Å². The van der Waals surface area contributed by atoms with Gasteiger partial charge in [-0.25, -0.2) is 0 Å². The minimum atomic E-state index is -0.235. The molecule has 1 rings (SSSR count). The lowest BCUT2D eigenvalue weighted by molar-refractivity contribution is -0.122. The number of hydrogen-bond acceptors (Lipinski definition) is 3. The molecule has 4 nitrogen and oxygen atoms in total. The summed E-state index contributed by atoms with van der Waals surface area (Å²) in [5.41, 5.74) is 6.47. The molecule has 3 N–H and O–H groups in total. The van der Waals surface area contributed by atoms with E-state index in [2.05, 4.69) is 11.2 Å². The van der Waals surface area contributed by atoms with Gasteiger partial charge >= 0.3 is 0 Å². The third kappa shape index (κ3) is 4.03. The second-order valence-electron chi connectivity index (χ2n) is 3.12. The summed E-state index contributed by atoms with van der Waals surface area (Å²) in [6, 6.07) is 7.26. The van der Waals surface area contributed by atoms with E-state index in [0.717, 1.165) is 5.56 Å². The Balaban J connectivity index is 2.37. The van der Waals surface area contributed by atoms with Crippen molar-refractivity contribution < 1.29 is 9.53 Å². The van der Waals surface area contributed by atoms with Crippen molar-refractivity contribution in [1.82, 2.24) is 5.32 Å². The number of hydrogen-bond donors (Lipinski definition) is 2. The fourth-order valence-electron chi connectivity index (χ4n) is 1.07. The first-order chi connectivity index (χ1) is 7.76. The molecule has 0 spiro atoms. The Morgan fingerprint density at radius 3 is 2.69 bits per heavy atom. The molecule has 84 valence electrons. The molecule has 0 fully saturated rings. The maximum Gasteiger partial charge on any atom is 0.258 e. The van der Waals surface area contributed by atoms with Gasteiger partial charge in [0, 0.05) is 6.54 Å². The van der Waals surface area contributed by atoms with Crippen molar-refractivity contribution in [2.45, 2.75) is 6.54 Å². The molecule has 0 aliphatic rings. The van der Waals surface area contributed by atoms with Gasteiger partial charge in [-0.15, -0.1) is 6.42 Å². The van der Waals surface area contributed by atoms with Crippen LogP contribution in [0.5, 0.6) is 5.75 Å². The minimum Gasteiger partial charge on any atom is -0.484 e. The zero-order chi connectivity index (χ0) is 11.8. The second-order valence-corrected chi connectivity index (χ2v) is 3.12. The van der Waals surface area contributed by atoms with Crippen LogP contribution in [0.15, 0.2) is 24.3 Å². The van der Waals surface area contributed by atoms with Gasteiger partial charge < -0.3 is 15.8 Å². The van der Waals surface area contributed by atoms with E-state index in [1.54, 1.807) is 12.1 Å². The number of terminal acetylenes is 1. The van der Waals surface area contributed by atoms with E-state index in [9.17, 15) is 4.79 Å². The lowest BCUT2D eigenvalue weighted by Gasteiger charge is -2.06. The molecule has 0 radical (unpaired) electrons.